The highest BCUT2D eigenvalue weighted by atomic mass is 19.4. The van der Waals surface area contributed by atoms with Crippen LogP contribution in [0.3, 0.4) is 0 Å². The van der Waals surface area contributed by atoms with Crippen molar-refractivity contribution in [2.24, 2.45) is 0 Å². The Morgan fingerprint density at radius 1 is 1.44 bits per heavy atom. The molecule has 3 heterocycles. The van der Waals surface area contributed by atoms with E-state index in [9.17, 15) is 13.2 Å². The Bertz CT molecular complexity index is 590. The van der Waals surface area contributed by atoms with Gasteiger partial charge in [0.2, 0.25) is 0 Å². The second-order valence-corrected chi connectivity index (χ2v) is 6.72. The van der Waals surface area contributed by atoms with Crippen LogP contribution >= 0.6 is 0 Å². The van der Waals surface area contributed by atoms with Gasteiger partial charge in [0, 0.05) is 45.1 Å². The fourth-order valence-electron chi connectivity index (χ4n) is 3.36. The number of aliphatic carboxylic acids is 1. The Morgan fingerprint density at radius 2 is 2.11 bits per heavy atom. The summed E-state index contributed by atoms with van der Waals surface area (Å²) in [6.07, 6.45) is 2.33. The van der Waals surface area contributed by atoms with Crippen molar-refractivity contribution in [3.63, 3.8) is 0 Å². The zero-order chi connectivity index (χ0) is 19.9. The number of rotatable bonds is 4. The van der Waals surface area contributed by atoms with Gasteiger partial charge in [-0.05, 0) is 31.4 Å². The van der Waals surface area contributed by atoms with E-state index in [1.807, 2.05) is 18.5 Å². The van der Waals surface area contributed by atoms with E-state index in [0.29, 0.717) is 6.10 Å². The minimum Gasteiger partial charge on any atom is -0.475 e. The molecular weight excluding hydrogens is 365 g/mol. The normalized spacial score (nSPS) is 22.3. The van der Waals surface area contributed by atoms with Crippen molar-refractivity contribution in [3.8, 4) is 0 Å². The molecule has 1 N–H and O–H groups in total. The van der Waals surface area contributed by atoms with E-state index < -0.39 is 12.1 Å². The first-order valence-electron chi connectivity index (χ1n) is 8.91. The Morgan fingerprint density at radius 3 is 2.63 bits per heavy atom. The Labute approximate surface area is 156 Å². The molecule has 152 valence electrons. The largest absolute Gasteiger partial charge is 0.490 e. The maximum atomic E-state index is 10.6. The summed E-state index contributed by atoms with van der Waals surface area (Å²) >= 11 is 0. The van der Waals surface area contributed by atoms with Crippen molar-refractivity contribution >= 4 is 5.97 Å². The summed E-state index contributed by atoms with van der Waals surface area (Å²) in [6, 6.07) is 4.15. The first-order chi connectivity index (χ1) is 12.7. The van der Waals surface area contributed by atoms with Crippen molar-refractivity contribution in [1.29, 1.82) is 0 Å². The molecule has 1 aromatic rings. The Balaban J connectivity index is 0.000000321. The van der Waals surface area contributed by atoms with Crippen molar-refractivity contribution in [2.45, 2.75) is 50.6 Å². The highest BCUT2D eigenvalue weighted by molar-refractivity contribution is 5.73. The summed E-state index contributed by atoms with van der Waals surface area (Å²) in [6.45, 7) is 6.83. The molecule has 1 aromatic heterocycles. The lowest BCUT2D eigenvalue weighted by Crippen LogP contribution is -2.43. The average Bonchev–Trinajstić information content (AvgIpc) is 3.01. The second kappa shape index (κ2) is 9.48. The molecule has 1 spiro atoms. The zero-order valence-electron chi connectivity index (χ0n) is 15.2. The molecule has 0 aliphatic carbocycles. The van der Waals surface area contributed by atoms with E-state index in [0.717, 1.165) is 52.1 Å². The lowest BCUT2D eigenvalue weighted by molar-refractivity contribution is -0.192. The molecule has 2 saturated heterocycles. The molecule has 0 aromatic carbocycles. The molecule has 0 radical (unpaired) electrons. The van der Waals surface area contributed by atoms with Gasteiger partial charge in [-0.25, -0.2) is 4.79 Å². The highest BCUT2D eigenvalue weighted by Gasteiger charge is 2.43. The molecule has 2 fully saturated rings. The number of hydrogen-bond donors (Lipinski definition) is 1. The number of pyridine rings is 1. The molecule has 27 heavy (non-hydrogen) atoms. The molecule has 6 nitrogen and oxygen atoms in total. The van der Waals surface area contributed by atoms with Crippen molar-refractivity contribution in [1.82, 2.24) is 9.88 Å². The van der Waals surface area contributed by atoms with E-state index >= 15 is 0 Å². The van der Waals surface area contributed by atoms with E-state index in [4.69, 9.17) is 19.4 Å². The third kappa shape index (κ3) is 6.75. The van der Waals surface area contributed by atoms with Gasteiger partial charge in [0.25, 0.3) is 0 Å². The number of halogens is 3. The van der Waals surface area contributed by atoms with Crippen LogP contribution in [0.2, 0.25) is 0 Å². The number of carbonyl (C=O) groups is 1. The fraction of sp³-hybridized carbons (Fsp3) is 0.667. The molecule has 3 rings (SSSR count). The number of carboxylic acid groups (broad SMARTS) is 1. The lowest BCUT2D eigenvalue weighted by atomic mass is 9.88. The number of likely N-dealkylation sites (tertiary alicyclic amines) is 1. The van der Waals surface area contributed by atoms with E-state index in [2.05, 4.69) is 22.9 Å². The molecule has 2 aliphatic rings. The molecule has 1 atom stereocenters. The minimum atomic E-state index is -5.08. The van der Waals surface area contributed by atoms with Gasteiger partial charge < -0.3 is 14.6 Å². The molecule has 1 unspecified atom stereocenters. The number of alkyl halides is 3. The number of ether oxygens (including phenoxy) is 2. The van der Waals surface area contributed by atoms with Crippen LogP contribution in [0.5, 0.6) is 0 Å². The molecule has 0 bridgehead atoms. The Hall–Kier alpha value is -1.71. The number of nitrogens with zero attached hydrogens (tertiary/aromatic N) is 2. The SMILES string of the molecule is CCOC1COC2(CCN(Cc3cccnc3)CC2)C1.O=C(O)C(F)(F)F. The van der Waals surface area contributed by atoms with Crippen LogP contribution < -0.4 is 0 Å². The Kier molecular flexibility index (Phi) is 7.58. The van der Waals surface area contributed by atoms with E-state index in [1.54, 1.807) is 0 Å². The fourth-order valence-corrected chi connectivity index (χ4v) is 3.36. The van der Waals surface area contributed by atoms with Crippen molar-refractivity contribution in [2.75, 3.05) is 26.3 Å². The summed E-state index contributed by atoms with van der Waals surface area (Å²) in [4.78, 5) is 15.6. The average molecular weight is 390 g/mol. The van der Waals surface area contributed by atoms with Crippen molar-refractivity contribution in [3.05, 3.63) is 30.1 Å². The van der Waals surface area contributed by atoms with Gasteiger partial charge in [-0.1, -0.05) is 6.07 Å². The van der Waals surface area contributed by atoms with Crippen LogP contribution in [0.15, 0.2) is 24.5 Å². The van der Waals surface area contributed by atoms with Crippen LogP contribution in [0, 0.1) is 0 Å². The van der Waals surface area contributed by atoms with Gasteiger partial charge in [0.1, 0.15) is 0 Å². The van der Waals surface area contributed by atoms with Crippen LogP contribution in [0.4, 0.5) is 13.2 Å². The predicted octanol–water partition coefficient (Wildman–Crippen LogP) is 2.87. The summed E-state index contributed by atoms with van der Waals surface area (Å²) in [5, 5.41) is 7.12. The van der Waals surface area contributed by atoms with Gasteiger partial charge in [0.15, 0.2) is 0 Å². The molecule has 2 aliphatic heterocycles. The lowest BCUT2D eigenvalue weighted by Gasteiger charge is -2.38. The summed E-state index contributed by atoms with van der Waals surface area (Å²) < 4.78 is 43.5. The first-order valence-corrected chi connectivity index (χ1v) is 8.91. The molecular formula is C18H25F3N2O4. The zero-order valence-corrected chi connectivity index (χ0v) is 15.2. The second-order valence-electron chi connectivity index (χ2n) is 6.72. The van der Waals surface area contributed by atoms with Gasteiger partial charge in [-0.2, -0.15) is 13.2 Å². The van der Waals surface area contributed by atoms with Gasteiger partial charge >= 0.3 is 12.1 Å². The topological polar surface area (TPSA) is 71.9 Å². The van der Waals surface area contributed by atoms with E-state index in [1.165, 1.54) is 5.56 Å². The van der Waals surface area contributed by atoms with E-state index in [-0.39, 0.29) is 5.60 Å². The van der Waals surface area contributed by atoms with Crippen LogP contribution in [0.25, 0.3) is 0 Å². The predicted molar refractivity (Wildman–Crippen MR) is 91.2 cm³/mol. The number of hydrogen-bond acceptors (Lipinski definition) is 5. The minimum absolute atomic E-state index is 0.0886. The third-order valence-corrected chi connectivity index (χ3v) is 4.72. The number of aromatic nitrogens is 1. The number of piperidine rings is 1. The van der Waals surface area contributed by atoms with Crippen LogP contribution in [-0.4, -0.2) is 65.1 Å². The quantitative estimate of drug-likeness (QED) is 0.853. The van der Waals surface area contributed by atoms with Crippen LogP contribution in [-0.2, 0) is 20.8 Å². The maximum Gasteiger partial charge on any atom is 0.490 e. The first kappa shape index (κ1) is 21.6. The van der Waals surface area contributed by atoms with Crippen molar-refractivity contribution < 1.29 is 32.5 Å². The smallest absolute Gasteiger partial charge is 0.475 e. The molecule has 0 saturated carbocycles. The molecule has 9 heteroatoms. The third-order valence-electron chi connectivity index (χ3n) is 4.72. The standard InChI is InChI=1S/C16H24N2O2.C2HF3O2/c1-2-19-15-10-16(20-13-15)5-8-18(9-6-16)12-14-4-3-7-17-11-14;3-2(4,5)1(6)7/h3-4,7,11,15H,2,5-6,8-10,12-13H2,1H3;(H,6,7). The van der Waals surface area contributed by atoms with Gasteiger partial charge in [-0.15, -0.1) is 0 Å². The summed E-state index contributed by atoms with van der Waals surface area (Å²) in [5.41, 5.74) is 1.38. The van der Waals surface area contributed by atoms with Gasteiger partial charge in [0.05, 0.1) is 18.3 Å². The monoisotopic (exact) mass is 390 g/mol. The van der Waals surface area contributed by atoms with Crippen LogP contribution in [0.1, 0.15) is 31.7 Å². The highest BCUT2D eigenvalue weighted by Crippen LogP contribution is 2.37. The maximum absolute atomic E-state index is 10.6. The summed E-state index contributed by atoms with van der Waals surface area (Å²) in [7, 11) is 0. The summed E-state index contributed by atoms with van der Waals surface area (Å²) in [5.74, 6) is -2.76. The molecule has 0 amide bonds. The van der Waals surface area contributed by atoms with Gasteiger partial charge in [-0.3, -0.25) is 9.88 Å². The number of carboxylic acids is 1.